The summed E-state index contributed by atoms with van der Waals surface area (Å²) in [6.07, 6.45) is 0. The molecule has 0 saturated carbocycles. The number of rotatable bonds is 4. The van der Waals surface area contributed by atoms with E-state index in [-0.39, 0.29) is 17.7 Å². The second-order valence-corrected chi connectivity index (χ2v) is 7.20. The zero-order chi connectivity index (χ0) is 20.5. The van der Waals surface area contributed by atoms with Crippen molar-refractivity contribution in [3.8, 4) is 5.75 Å². The molecule has 0 unspecified atom stereocenters. The highest BCUT2D eigenvalue weighted by atomic mass is 79.9. The molecule has 1 N–H and O–H groups in total. The molecule has 7 heteroatoms. The molecule has 0 spiro atoms. The Morgan fingerprint density at radius 2 is 1.55 bits per heavy atom. The monoisotopic (exact) mass is 450 g/mol. The summed E-state index contributed by atoms with van der Waals surface area (Å²) in [5, 5.41) is 2.79. The lowest BCUT2D eigenvalue weighted by Gasteiger charge is -2.14. The normalized spacial score (nSPS) is 12.7. The summed E-state index contributed by atoms with van der Waals surface area (Å²) < 4.78 is 5.84. The second-order valence-electron chi connectivity index (χ2n) is 6.34. The lowest BCUT2D eigenvalue weighted by Crippen LogP contribution is -2.29. The highest BCUT2D eigenvalue weighted by molar-refractivity contribution is 9.10. The minimum absolute atomic E-state index is 0.290. The van der Waals surface area contributed by atoms with Crippen LogP contribution in [0.5, 0.6) is 5.75 Å². The number of ether oxygens (including phenoxy) is 1. The smallest absolute Gasteiger partial charge is 0.266 e. The number of methoxy groups -OCH3 is 1. The molecule has 0 bridgehead atoms. The van der Waals surface area contributed by atoms with Crippen molar-refractivity contribution in [2.45, 2.75) is 0 Å². The first kappa shape index (κ1) is 18.9. The number of halogens is 1. The van der Waals surface area contributed by atoms with Gasteiger partial charge in [-0.2, -0.15) is 0 Å². The summed E-state index contributed by atoms with van der Waals surface area (Å²) in [6.45, 7) is 0. The van der Waals surface area contributed by atoms with E-state index in [0.29, 0.717) is 38.3 Å². The molecule has 0 saturated heterocycles. The summed E-state index contributed by atoms with van der Waals surface area (Å²) in [6, 6.07) is 18.3. The van der Waals surface area contributed by atoms with Crippen molar-refractivity contribution in [1.29, 1.82) is 0 Å². The van der Waals surface area contributed by atoms with Crippen LogP contribution in [0, 0.1) is 0 Å². The first-order valence-corrected chi connectivity index (χ1v) is 9.51. The van der Waals surface area contributed by atoms with Crippen molar-refractivity contribution in [2.24, 2.45) is 0 Å². The third-order valence-electron chi connectivity index (χ3n) is 4.59. The number of amides is 3. The van der Waals surface area contributed by atoms with Gasteiger partial charge in [0.2, 0.25) is 0 Å². The van der Waals surface area contributed by atoms with Crippen molar-refractivity contribution in [1.82, 2.24) is 0 Å². The standard InChI is InChI=1S/C22H15BrN2O4/c1-29-19-11-6-13(12-18(19)23)20(26)24-14-7-9-15(10-8-14)25-21(27)16-4-2-3-5-17(16)22(25)28/h2-12H,1H3,(H,24,26). The van der Waals surface area contributed by atoms with E-state index in [9.17, 15) is 14.4 Å². The average Bonchev–Trinajstić information content (AvgIpc) is 2.99. The molecular formula is C22H15BrN2O4. The minimum atomic E-state index is -0.356. The molecule has 3 aromatic carbocycles. The fourth-order valence-corrected chi connectivity index (χ4v) is 3.67. The van der Waals surface area contributed by atoms with Crippen LogP contribution in [0.3, 0.4) is 0 Å². The van der Waals surface area contributed by atoms with Gasteiger partial charge in [-0.1, -0.05) is 12.1 Å². The molecule has 0 aliphatic carbocycles. The number of benzene rings is 3. The lowest BCUT2D eigenvalue weighted by molar-refractivity contribution is 0.0924. The van der Waals surface area contributed by atoms with Gasteiger partial charge in [0.15, 0.2) is 0 Å². The SMILES string of the molecule is COc1ccc(C(=O)Nc2ccc(N3C(=O)c4ccccc4C3=O)cc2)cc1Br. The first-order valence-electron chi connectivity index (χ1n) is 8.72. The Morgan fingerprint density at radius 1 is 0.931 bits per heavy atom. The van der Waals surface area contributed by atoms with Gasteiger partial charge < -0.3 is 10.1 Å². The summed E-state index contributed by atoms with van der Waals surface area (Å²) in [4.78, 5) is 38.7. The molecule has 1 aliphatic rings. The van der Waals surface area contributed by atoms with Crippen LogP contribution in [0.25, 0.3) is 0 Å². The average molecular weight is 451 g/mol. The fourth-order valence-electron chi connectivity index (χ4n) is 3.13. The van der Waals surface area contributed by atoms with Gasteiger partial charge in [-0.05, 0) is 70.5 Å². The second kappa shape index (κ2) is 7.52. The van der Waals surface area contributed by atoms with Crippen molar-refractivity contribution < 1.29 is 19.1 Å². The highest BCUT2D eigenvalue weighted by Gasteiger charge is 2.36. The van der Waals surface area contributed by atoms with E-state index in [1.54, 1.807) is 73.8 Å². The number of carbonyl (C=O) groups is 3. The Morgan fingerprint density at radius 3 is 2.10 bits per heavy atom. The molecule has 4 rings (SSSR count). The maximum atomic E-state index is 12.6. The van der Waals surface area contributed by atoms with Crippen LogP contribution in [0.2, 0.25) is 0 Å². The maximum absolute atomic E-state index is 12.6. The Labute approximate surface area is 175 Å². The maximum Gasteiger partial charge on any atom is 0.266 e. The van der Waals surface area contributed by atoms with Crippen molar-refractivity contribution in [3.05, 3.63) is 87.9 Å². The van der Waals surface area contributed by atoms with Crippen LogP contribution in [0.4, 0.5) is 11.4 Å². The van der Waals surface area contributed by atoms with Crippen molar-refractivity contribution in [2.75, 3.05) is 17.3 Å². The highest BCUT2D eigenvalue weighted by Crippen LogP contribution is 2.29. The predicted octanol–water partition coefficient (Wildman–Crippen LogP) is 4.51. The van der Waals surface area contributed by atoms with E-state index in [4.69, 9.17) is 4.74 Å². The van der Waals surface area contributed by atoms with Gasteiger partial charge in [-0.15, -0.1) is 0 Å². The fraction of sp³-hybridized carbons (Fsp3) is 0.0455. The molecule has 0 radical (unpaired) electrons. The molecule has 0 fully saturated rings. The molecule has 3 amide bonds. The molecule has 1 heterocycles. The molecule has 0 aromatic heterocycles. The van der Waals surface area contributed by atoms with Crippen molar-refractivity contribution in [3.63, 3.8) is 0 Å². The first-order chi connectivity index (χ1) is 14.0. The van der Waals surface area contributed by atoms with E-state index in [0.717, 1.165) is 4.90 Å². The molecule has 1 aliphatic heterocycles. The van der Waals surface area contributed by atoms with Gasteiger partial charge in [-0.3, -0.25) is 14.4 Å². The van der Waals surface area contributed by atoms with Crippen LogP contribution in [0.15, 0.2) is 71.2 Å². The molecule has 144 valence electrons. The van der Waals surface area contributed by atoms with Crippen LogP contribution in [-0.4, -0.2) is 24.8 Å². The van der Waals surface area contributed by atoms with Crippen LogP contribution in [0.1, 0.15) is 31.1 Å². The van der Waals surface area contributed by atoms with Gasteiger partial charge in [0.1, 0.15) is 5.75 Å². The van der Waals surface area contributed by atoms with Gasteiger partial charge in [-0.25, -0.2) is 4.90 Å². The number of hydrogen-bond donors (Lipinski definition) is 1. The largest absolute Gasteiger partial charge is 0.496 e. The lowest BCUT2D eigenvalue weighted by atomic mass is 10.1. The summed E-state index contributed by atoms with van der Waals surface area (Å²) >= 11 is 3.36. The molecule has 29 heavy (non-hydrogen) atoms. The Balaban J connectivity index is 1.52. The number of nitrogens with zero attached hydrogens (tertiary/aromatic N) is 1. The third kappa shape index (κ3) is 3.40. The van der Waals surface area contributed by atoms with Gasteiger partial charge >= 0.3 is 0 Å². The number of imide groups is 1. The zero-order valence-electron chi connectivity index (χ0n) is 15.3. The summed E-state index contributed by atoms with van der Waals surface area (Å²) in [5.41, 5.74) is 2.23. The Hall–Kier alpha value is -3.45. The van der Waals surface area contributed by atoms with Crippen LogP contribution >= 0.6 is 15.9 Å². The zero-order valence-corrected chi connectivity index (χ0v) is 16.9. The van der Waals surface area contributed by atoms with Gasteiger partial charge in [0.25, 0.3) is 17.7 Å². The number of fused-ring (bicyclic) bond motifs is 1. The minimum Gasteiger partial charge on any atom is -0.496 e. The third-order valence-corrected chi connectivity index (χ3v) is 5.21. The number of nitrogens with one attached hydrogen (secondary N) is 1. The van der Waals surface area contributed by atoms with E-state index in [2.05, 4.69) is 21.2 Å². The molecule has 6 nitrogen and oxygen atoms in total. The quantitative estimate of drug-likeness (QED) is 0.593. The Kier molecular flexibility index (Phi) is 4.90. The van der Waals surface area contributed by atoms with E-state index in [1.165, 1.54) is 0 Å². The number of anilines is 2. The topological polar surface area (TPSA) is 75.7 Å². The molecular weight excluding hydrogens is 436 g/mol. The molecule has 3 aromatic rings. The molecule has 0 atom stereocenters. The predicted molar refractivity (Wildman–Crippen MR) is 113 cm³/mol. The van der Waals surface area contributed by atoms with Gasteiger partial charge in [0.05, 0.1) is 28.4 Å². The van der Waals surface area contributed by atoms with Gasteiger partial charge in [0, 0.05) is 11.3 Å². The van der Waals surface area contributed by atoms with E-state index < -0.39 is 0 Å². The summed E-state index contributed by atoms with van der Waals surface area (Å²) in [5.74, 6) is -0.371. The number of hydrogen-bond acceptors (Lipinski definition) is 4. The number of carbonyl (C=O) groups excluding carboxylic acids is 3. The Bertz CT molecular complexity index is 1110. The van der Waals surface area contributed by atoms with Crippen LogP contribution in [-0.2, 0) is 0 Å². The van der Waals surface area contributed by atoms with E-state index >= 15 is 0 Å². The summed E-state index contributed by atoms with van der Waals surface area (Å²) in [7, 11) is 1.55. The van der Waals surface area contributed by atoms with Crippen LogP contribution < -0.4 is 15.0 Å². The van der Waals surface area contributed by atoms with E-state index in [1.807, 2.05) is 0 Å². The van der Waals surface area contributed by atoms with Crippen molar-refractivity contribution >= 4 is 45.0 Å².